The van der Waals surface area contributed by atoms with E-state index >= 15 is 9.59 Å². The van der Waals surface area contributed by atoms with Crippen LogP contribution >= 0.6 is 0 Å². The molecule has 0 aromatic heterocycles. The van der Waals surface area contributed by atoms with E-state index in [0.717, 1.165) is 45.2 Å². The normalized spacial score (nSPS) is 23.8. The molecule has 106 heavy (non-hydrogen) atoms. The lowest BCUT2D eigenvalue weighted by Gasteiger charge is -2.67. The minimum absolute atomic E-state index is 0.0833. The fourth-order valence-electron chi connectivity index (χ4n) is 16.8. The molecule has 1 heterocycles. The van der Waals surface area contributed by atoms with Gasteiger partial charge in [0.1, 0.15) is 41.7 Å². The maximum absolute atomic E-state index is 16.1. The predicted molar refractivity (Wildman–Crippen MR) is 415 cm³/mol. The number of carbonyl (C=O) groups excluding carboxylic acids is 7. The van der Waals surface area contributed by atoms with Gasteiger partial charge in [-0.3, -0.25) is 19.2 Å². The van der Waals surface area contributed by atoms with Crippen LogP contribution in [0, 0.1) is 16.7 Å². The van der Waals surface area contributed by atoms with E-state index in [1.807, 2.05) is 0 Å². The second kappa shape index (κ2) is 45.2. The Labute approximate surface area is 636 Å². The number of ether oxygens (including phenoxy) is 8. The van der Waals surface area contributed by atoms with Crippen molar-refractivity contribution in [2.45, 2.75) is 347 Å². The number of Topliss-reactive ketones (excluding diaryl/α,β-unsaturated/α-hetero) is 1. The average molecular weight is 1480 g/mol. The van der Waals surface area contributed by atoms with Crippen molar-refractivity contribution in [3.63, 3.8) is 0 Å². The van der Waals surface area contributed by atoms with E-state index in [4.69, 9.17) is 37.9 Å². The fraction of sp³-hybridized carbons (Fsp3) is 0.736. The van der Waals surface area contributed by atoms with Crippen molar-refractivity contribution in [1.82, 2.24) is 15.5 Å². The summed E-state index contributed by atoms with van der Waals surface area (Å²) in [6.07, 6.45) is 32.4. The lowest BCUT2D eigenvalue weighted by Crippen LogP contribution is -2.82. The minimum atomic E-state index is -2.33. The highest BCUT2D eigenvalue weighted by Crippen LogP contribution is 2.65. The first-order valence-electron chi connectivity index (χ1n) is 41.0. The summed E-state index contributed by atoms with van der Waals surface area (Å²) in [6.45, 7) is 20.1. The number of fused-ring (bicyclic) bond motifs is 5. The number of nitrogens with zero attached hydrogens (tertiary/aromatic N) is 1. The van der Waals surface area contributed by atoms with Crippen LogP contribution in [0.2, 0.25) is 0 Å². The Kier molecular flexibility index (Phi) is 37.9. The van der Waals surface area contributed by atoms with E-state index in [-0.39, 0.29) is 36.5 Å². The van der Waals surface area contributed by atoms with Gasteiger partial charge in [-0.1, -0.05) is 242 Å². The number of benzene rings is 2. The van der Waals surface area contributed by atoms with E-state index in [1.54, 1.807) is 109 Å². The molecule has 3 N–H and O–H groups in total. The Morgan fingerprint density at radius 1 is 0.670 bits per heavy atom. The molecule has 3 fully saturated rings. The zero-order valence-electron chi connectivity index (χ0n) is 67.1. The smallest absolute Gasteiger partial charge is 0.408 e. The fourth-order valence-corrected chi connectivity index (χ4v) is 16.8. The number of esters is 4. The number of allylic oxidation sites excluding steroid dienone is 2. The van der Waals surface area contributed by atoms with E-state index < -0.39 is 125 Å². The summed E-state index contributed by atoms with van der Waals surface area (Å²) in [6, 6.07) is 15.0. The monoisotopic (exact) mass is 1480 g/mol. The van der Waals surface area contributed by atoms with Crippen molar-refractivity contribution in [3.8, 4) is 0 Å². The van der Waals surface area contributed by atoms with E-state index in [0.29, 0.717) is 24.2 Å². The quantitative estimate of drug-likeness (QED) is 0.0241. The van der Waals surface area contributed by atoms with Crippen LogP contribution in [0.25, 0.3) is 0 Å². The van der Waals surface area contributed by atoms with Crippen LogP contribution in [-0.2, 0) is 61.9 Å². The third kappa shape index (κ3) is 25.8. The molecule has 11 atom stereocenters. The molecular weight excluding hydrogens is 1340 g/mol. The van der Waals surface area contributed by atoms with Crippen LogP contribution in [0.4, 0.5) is 4.79 Å². The second-order valence-electron chi connectivity index (χ2n) is 32.4. The molecule has 3 aliphatic carbocycles. The number of ketones is 1. The minimum Gasteiger partial charge on any atom is -0.455 e. The number of amides is 2. The van der Waals surface area contributed by atoms with Crippen LogP contribution in [0.15, 0.2) is 84.0 Å². The van der Waals surface area contributed by atoms with Gasteiger partial charge < -0.3 is 58.5 Å². The lowest BCUT2D eigenvalue weighted by molar-refractivity contribution is -0.347. The Morgan fingerprint density at radius 2 is 1.18 bits per heavy atom. The molecule has 2 amide bonds. The molecule has 0 radical (unpaired) electrons. The maximum Gasteiger partial charge on any atom is 0.408 e. The van der Waals surface area contributed by atoms with Crippen molar-refractivity contribution in [1.29, 1.82) is 0 Å². The highest BCUT2D eigenvalue weighted by Gasteiger charge is 2.78. The Morgan fingerprint density at radius 3 is 1.66 bits per heavy atom. The van der Waals surface area contributed by atoms with Gasteiger partial charge in [-0.2, -0.15) is 0 Å². The summed E-state index contributed by atoms with van der Waals surface area (Å²) >= 11 is 0. The zero-order chi connectivity index (χ0) is 77.2. The first-order valence-corrected chi connectivity index (χ1v) is 41.0. The van der Waals surface area contributed by atoms with Crippen LogP contribution in [0.5, 0.6) is 0 Å². The summed E-state index contributed by atoms with van der Waals surface area (Å²) in [5.41, 5.74) is -7.35. The highest BCUT2D eigenvalue weighted by molar-refractivity contribution is 5.94. The molecule has 1 saturated heterocycles. The largest absolute Gasteiger partial charge is 0.455 e. The number of alkyl carbamates (subject to hydrolysis) is 1. The standard InChI is InChI=1S/C87H137N3O16/c1-13-15-17-19-21-23-25-27-29-31-33-35-37-39-41-49-58-90(59-50-42-40-38-36-34-32-30-28-26-24-22-20-18-16-14-2)60-57-88-71(92)55-56-72(93)103-76(74(66-51-45-43-46-52-66)89-82(97)106-83(5,6)7)81(96)102-68-62-87(98)79(104-80(95)67-53-47-44-48-54-67)77-85(10,78(94)75(100-12)73(64(68)3)84(87,8)9)69(99-11)61-70-86(77,63-101-70)105-65(4)91/h27,29,43-48,51-54,68-70,74-77,79,98H,13-26,28,30-42,49-50,55-63H2,1-12H3,(H,88,92)(H,89,97)/b29-27-/t68-,69-,70+,74-,75+,76+,77-,79-,85+,86-,87+/m0/s1. The molecule has 19 heteroatoms. The summed E-state index contributed by atoms with van der Waals surface area (Å²) < 4.78 is 50.1. The van der Waals surface area contributed by atoms with Crippen molar-refractivity contribution < 1.29 is 76.6 Å². The number of carbonyl (C=O) groups is 7. The Balaban J connectivity index is 1.18. The zero-order valence-corrected chi connectivity index (χ0v) is 67.1. The molecule has 0 spiro atoms. The predicted octanol–water partition coefficient (Wildman–Crippen LogP) is 17.6. The van der Waals surface area contributed by atoms with Gasteiger partial charge in [0, 0.05) is 58.9 Å². The molecular formula is C87H137N3O16. The van der Waals surface area contributed by atoms with E-state index in [1.165, 1.54) is 182 Å². The van der Waals surface area contributed by atoms with Gasteiger partial charge >= 0.3 is 30.0 Å². The summed E-state index contributed by atoms with van der Waals surface area (Å²) in [4.78, 5) is 105. The lowest BCUT2D eigenvalue weighted by atomic mass is 9.44. The SMILES string of the molecule is CCCCCCCC/C=C\CCCCCCCCN(CCCCCCCCCCCCCCCCCC)CCNC(=O)CCC(=O)O[C@@H](C(=O)O[C@H]1C[C@@]2(O)[C@@H](OC(=O)c3ccccc3)[C@@H]3[C@]4(OC(C)=O)CO[C@@H]4C[C@H](OC)[C@@]3(C)C(=O)[C@H](OC)C(=C1C)C2(C)C)[C@@H](NC(=O)OC(C)(C)C)c1ccccc1. The summed E-state index contributed by atoms with van der Waals surface area (Å²) in [5.74, 6) is -6.02. The molecule has 0 unspecified atom stereocenters. The summed E-state index contributed by atoms with van der Waals surface area (Å²) in [7, 11) is 2.79. The third-order valence-electron chi connectivity index (χ3n) is 22.9. The first-order chi connectivity index (χ1) is 50.8. The van der Waals surface area contributed by atoms with Gasteiger partial charge in [0.25, 0.3) is 0 Å². The van der Waals surface area contributed by atoms with Gasteiger partial charge in [-0.05, 0) is 115 Å². The number of hydrogen-bond acceptors (Lipinski definition) is 17. The molecule has 4 aliphatic rings. The molecule has 596 valence electrons. The molecule has 2 aromatic rings. The van der Waals surface area contributed by atoms with Crippen LogP contribution in [0.1, 0.15) is 310 Å². The Hall–Kier alpha value is -5.99. The molecule has 2 bridgehead atoms. The van der Waals surface area contributed by atoms with Crippen molar-refractivity contribution in [3.05, 3.63) is 95.1 Å². The highest BCUT2D eigenvalue weighted by atomic mass is 16.6. The number of nitrogens with one attached hydrogen (secondary N) is 2. The first kappa shape index (κ1) is 88.9. The van der Waals surface area contributed by atoms with Crippen molar-refractivity contribution in [2.24, 2.45) is 16.7 Å². The molecule has 19 nitrogen and oxygen atoms in total. The number of aliphatic hydroxyl groups is 1. The topological polar surface area (TPSA) is 241 Å². The maximum atomic E-state index is 16.1. The van der Waals surface area contributed by atoms with Gasteiger partial charge in [0.15, 0.2) is 11.4 Å². The molecule has 2 aromatic carbocycles. The van der Waals surface area contributed by atoms with Gasteiger partial charge in [0.05, 0.1) is 36.0 Å². The van der Waals surface area contributed by atoms with E-state index in [9.17, 15) is 29.1 Å². The summed E-state index contributed by atoms with van der Waals surface area (Å²) in [5, 5.41) is 20.1. The van der Waals surface area contributed by atoms with Crippen LogP contribution < -0.4 is 10.6 Å². The number of rotatable bonds is 50. The van der Waals surface area contributed by atoms with Gasteiger partial charge in [-0.25, -0.2) is 14.4 Å². The van der Waals surface area contributed by atoms with Gasteiger partial charge in [-0.15, -0.1) is 0 Å². The van der Waals surface area contributed by atoms with Crippen molar-refractivity contribution in [2.75, 3.05) is 47.0 Å². The molecule has 6 rings (SSSR count). The average Bonchev–Trinajstić information content (AvgIpc) is 0.668. The Bertz CT molecular complexity index is 3060. The number of hydrogen-bond donors (Lipinski definition) is 3. The second-order valence-corrected chi connectivity index (χ2v) is 32.4. The third-order valence-corrected chi connectivity index (χ3v) is 22.9. The van der Waals surface area contributed by atoms with Crippen LogP contribution in [0.3, 0.4) is 0 Å². The van der Waals surface area contributed by atoms with Gasteiger partial charge in [0.2, 0.25) is 12.0 Å². The van der Waals surface area contributed by atoms with Crippen LogP contribution in [-0.4, -0.2) is 152 Å². The number of methoxy groups -OCH3 is 2. The molecule has 2 saturated carbocycles. The van der Waals surface area contributed by atoms with Crippen molar-refractivity contribution >= 4 is 41.7 Å². The van der Waals surface area contributed by atoms with E-state index in [2.05, 4.69) is 41.5 Å². The molecule has 1 aliphatic heterocycles. The number of unbranched alkanes of at least 4 members (excludes halogenated alkanes) is 27.